The van der Waals surface area contributed by atoms with Crippen LogP contribution >= 0.6 is 11.6 Å². The molecule has 0 aromatic carbocycles. The third-order valence-corrected chi connectivity index (χ3v) is 2.81. The summed E-state index contributed by atoms with van der Waals surface area (Å²) in [6.45, 7) is 5.63. The predicted molar refractivity (Wildman–Crippen MR) is 75.7 cm³/mol. The molecule has 0 amide bonds. The van der Waals surface area contributed by atoms with Gasteiger partial charge in [0.15, 0.2) is 0 Å². The van der Waals surface area contributed by atoms with Crippen molar-refractivity contribution >= 4 is 11.6 Å². The maximum absolute atomic E-state index is 6.15. The SMILES string of the molecule is CCNCc1cnc(Oc2ccc(C)nc2)c(Cl)c1. The average molecular weight is 278 g/mol. The number of hydrogen-bond acceptors (Lipinski definition) is 4. The summed E-state index contributed by atoms with van der Waals surface area (Å²) in [5.41, 5.74) is 1.97. The Labute approximate surface area is 117 Å². The molecule has 2 aromatic heterocycles. The molecule has 2 rings (SSSR count). The lowest BCUT2D eigenvalue weighted by atomic mass is 10.3. The molecule has 2 aromatic rings. The standard InChI is InChI=1S/C14H16ClN3O/c1-3-16-7-11-6-13(15)14(18-8-11)19-12-5-4-10(2)17-9-12/h4-6,8-9,16H,3,7H2,1-2H3. The minimum Gasteiger partial charge on any atom is -0.436 e. The van der Waals surface area contributed by atoms with Crippen molar-refractivity contribution in [1.29, 1.82) is 0 Å². The Balaban J connectivity index is 2.10. The van der Waals surface area contributed by atoms with Crippen molar-refractivity contribution in [2.45, 2.75) is 20.4 Å². The highest BCUT2D eigenvalue weighted by molar-refractivity contribution is 6.31. The summed E-state index contributed by atoms with van der Waals surface area (Å²) in [4.78, 5) is 8.38. The van der Waals surface area contributed by atoms with Crippen molar-refractivity contribution in [1.82, 2.24) is 15.3 Å². The summed E-state index contributed by atoms with van der Waals surface area (Å²) in [6, 6.07) is 5.57. The molecular formula is C14H16ClN3O. The Kier molecular flexibility index (Phi) is 4.71. The molecule has 19 heavy (non-hydrogen) atoms. The zero-order valence-corrected chi connectivity index (χ0v) is 11.7. The Morgan fingerprint density at radius 1 is 1.26 bits per heavy atom. The number of aromatic nitrogens is 2. The van der Waals surface area contributed by atoms with Crippen LogP contribution in [0.1, 0.15) is 18.2 Å². The number of pyridine rings is 2. The quantitative estimate of drug-likeness (QED) is 0.910. The van der Waals surface area contributed by atoms with Gasteiger partial charge in [0.2, 0.25) is 5.88 Å². The highest BCUT2D eigenvalue weighted by Crippen LogP contribution is 2.27. The molecular weight excluding hydrogens is 262 g/mol. The van der Waals surface area contributed by atoms with E-state index in [1.165, 1.54) is 0 Å². The van der Waals surface area contributed by atoms with Gasteiger partial charge in [0.25, 0.3) is 0 Å². The molecule has 0 aliphatic rings. The molecule has 0 bridgehead atoms. The average Bonchev–Trinajstić information content (AvgIpc) is 2.41. The van der Waals surface area contributed by atoms with Crippen LogP contribution in [0.25, 0.3) is 0 Å². The van der Waals surface area contributed by atoms with Gasteiger partial charge in [-0.05, 0) is 37.2 Å². The number of aryl methyl sites for hydroxylation is 1. The molecule has 100 valence electrons. The topological polar surface area (TPSA) is 47.0 Å². The van der Waals surface area contributed by atoms with Crippen LogP contribution in [0.3, 0.4) is 0 Å². The number of nitrogens with zero attached hydrogens (tertiary/aromatic N) is 2. The van der Waals surface area contributed by atoms with Crippen LogP contribution in [-0.4, -0.2) is 16.5 Å². The van der Waals surface area contributed by atoms with Crippen molar-refractivity contribution < 1.29 is 4.74 Å². The molecule has 0 fully saturated rings. The van der Waals surface area contributed by atoms with E-state index in [4.69, 9.17) is 16.3 Å². The summed E-state index contributed by atoms with van der Waals surface area (Å²) < 4.78 is 5.60. The zero-order chi connectivity index (χ0) is 13.7. The number of ether oxygens (including phenoxy) is 1. The van der Waals surface area contributed by atoms with Crippen LogP contribution < -0.4 is 10.1 Å². The van der Waals surface area contributed by atoms with Gasteiger partial charge in [0.1, 0.15) is 10.8 Å². The van der Waals surface area contributed by atoms with Crippen molar-refractivity contribution in [3.05, 3.63) is 46.9 Å². The number of halogens is 1. The van der Waals surface area contributed by atoms with Gasteiger partial charge in [-0.1, -0.05) is 18.5 Å². The first-order valence-corrected chi connectivity index (χ1v) is 6.52. The Hall–Kier alpha value is -1.65. The van der Waals surface area contributed by atoms with Crippen molar-refractivity contribution in [3.63, 3.8) is 0 Å². The molecule has 0 unspecified atom stereocenters. The van der Waals surface area contributed by atoms with E-state index in [1.807, 2.05) is 25.1 Å². The van der Waals surface area contributed by atoms with E-state index in [0.717, 1.165) is 24.3 Å². The molecule has 5 heteroatoms. The molecule has 0 radical (unpaired) electrons. The van der Waals surface area contributed by atoms with Gasteiger partial charge in [0.05, 0.1) is 6.20 Å². The third kappa shape index (κ3) is 3.91. The van der Waals surface area contributed by atoms with E-state index >= 15 is 0 Å². The second kappa shape index (κ2) is 6.50. The minimum absolute atomic E-state index is 0.396. The fourth-order valence-electron chi connectivity index (χ4n) is 1.53. The van der Waals surface area contributed by atoms with Gasteiger partial charge in [0, 0.05) is 18.4 Å². The van der Waals surface area contributed by atoms with E-state index < -0.39 is 0 Å². The normalized spacial score (nSPS) is 10.5. The van der Waals surface area contributed by atoms with Gasteiger partial charge in [-0.3, -0.25) is 4.98 Å². The summed E-state index contributed by atoms with van der Waals surface area (Å²) >= 11 is 6.15. The minimum atomic E-state index is 0.396. The van der Waals surface area contributed by atoms with Gasteiger partial charge >= 0.3 is 0 Å². The van der Waals surface area contributed by atoms with Crippen molar-refractivity contribution in [3.8, 4) is 11.6 Å². The monoisotopic (exact) mass is 277 g/mol. The third-order valence-electron chi connectivity index (χ3n) is 2.54. The Morgan fingerprint density at radius 2 is 2.11 bits per heavy atom. The van der Waals surface area contributed by atoms with Crippen molar-refractivity contribution in [2.75, 3.05) is 6.54 Å². The lowest BCUT2D eigenvalue weighted by Gasteiger charge is -2.08. The molecule has 2 heterocycles. The fourth-order valence-corrected chi connectivity index (χ4v) is 1.76. The van der Waals surface area contributed by atoms with Crippen molar-refractivity contribution in [2.24, 2.45) is 0 Å². The zero-order valence-electron chi connectivity index (χ0n) is 11.0. The molecule has 4 nitrogen and oxygen atoms in total. The van der Waals surface area contributed by atoms with E-state index in [0.29, 0.717) is 16.7 Å². The molecule has 0 saturated heterocycles. The Morgan fingerprint density at radius 3 is 2.74 bits per heavy atom. The highest BCUT2D eigenvalue weighted by atomic mass is 35.5. The van der Waals surface area contributed by atoms with Gasteiger partial charge in [-0.25, -0.2) is 4.98 Å². The second-order valence-corrected chi connectivity index (χ2v) is 4.56. The number of rotatable bonds is 5. The second-order valence-electron chi connectivity index (χ2n) is 4.15. The van der Waals surface area contributed by atoms with Gasteiger partial charge in [-0.2, -0.15) is 0 Å². The highest BCUT2D eigenvalue weighted by Gasteiger charge is 2.06. The van der Waals surface area contributed by atoms with E-state index in [1.54, 1.807) is 12.4 Å². The molecule has 0 aliphatic carbocycles. The summed E-state index contributed by atoms with van der Waals surface area (Å²) in [5, 5.41) is 3.71. The van der Waals surface area contributed by atoms with Crippen LogP contribution in [0.4, 0.5) is 0 Å². The largest absolute Gasteiger partial charge is 0.436 e. The van der Waals surface area contributed by atoms with Crippen LogP contribution in [0.2, 0.25) is 5.02 Å². The maximum atomic E-state index is 6.15. The molecule has 1 N–H and O–H groups in total. The maximum Gasteiger partial charge on any atom is 0.238 e. The summed E-state index contributed by atoms with van der Waals surface area (Å²) in [5.74, 6) is 1.02. The van der Waals surface area contributed by atoms with Crippen LogP contribution in [0, 0.1) is 6.92 Å². The van der Waals surface area contributed by atoms with E-state index in [9.17, 15) is 0 Å². The van der Waals surface area contributed by atoms with Crippen LogP contribution in [0.5, 0.6) is 11.6 Å². The van der Waals surface area contributed by atoms with Crippen LogP contribution in [-0.2, 0) is 6.54 Å². The van der Waals surface area contributed by atoms with E-state index in [-0.39, 0.29) is 0 Å². The molecule has 0 aliphatic heterocycles. The molecule has 0 saturated carbocycles. The first-order valence-electron chi connectivity index (χ1n) is 6.14. The lowest BCUT2D eigenvalue weighted by molar-refractivity contribution is 0.460. The smallest absolute Gasteiger partial charge is 0.238 e. The number of nitrogens with one attached hydrogen (secondary N) is 1. The Bertz CT molecular complexity index is 543. The molecule has 0 spiro atoms. The van der Waals surface area contributed by atoms with Gasteiger partial charge in [-0.15, -0.1) is 0 Å². The predicted octanol–water partition coefficient (Wildman–Crippen LogP) is 3.34. The summed E-state index contributed by atoms with van der Waals surface area (Å²) in [7, 11) is 0. The first-order chi connectivity index (χ1) is 9.19. The van der Waals surface area contributed by atoms with Gasteiger partial charge < -0.3 is 10.1 Å². The first kappa shape index (κ1) is 13.8. The lowest BCUT2D eigenvalue weighted by Crippen LogP contribution is -2.11. The summed E-state index contributed by atoms with van der Waals surface area (Å²) in [6.07, 6.45) is 3.41. The van der Waals surface area contributed by atoms with E-state index in [2.05, 4.69) is 22.2 Å². The van der Waals surface area contributed by atoms with Crippen LogP contribution in [0.15, 0.2) is 30.6 Å². The molecule has 0 atom stereocenters. The fraction of sp³-hybridized carbons (Fsp3) is 0.286. The number of hydrogen-bond donors (Lipinski definition) is 1.